The third-order valence-corrected chi connectivity index (χ3v) is 3.78. The molecule has 2 aliphatic rings. The van der Waals surface area contributed by atoms with Gasteiger partial charge in [0.2, 0.25) is 0 Å². The van der Waals surface area contributed by atoms with Crippen LogP contribution in [0, 0.1) is 5.92 Å². The maximum Gasteiger partial charge on any atom is 0.317 e. The number of unbranched alkanes of at least 4 members (excludes halogenated alkanes) is 1. The van der Waals surface area contributed by atoms with Crippen molar-refractivity contribution in [2.45, 2.75) is 51.1 Å². The monoisotopic (exact) mass is 225 g/mol. The van der Waals surface area contributed by atoms with Gasteiger partial charge in [0, 0.05) is 25.2 Å². The van der Waals surface area contributed by atoms with E-state index in [2.05, 4.69) is 12.2 Å². The largest absolute Gasteiger partial charge is 0.338 e. The van der Waals surface area contributed by atoms with E-state index in [1.165, 1.54) is 0 Å². The average molecular weight is 225 g/mol. The number of carbonyl (C=O) groups is 1. The molecule has 4 heteroatoms. The summed E-state index contributed by atoms with van der Waals surface area (Å²) >= 11 is 0. The molecule has 0 spiro atoms. The Morgan fingerprint density at radius 2 is 2.25 bits per heavy atom. The zero-order valence-electron chi connectivity index (χ0n) is 10.1. The second-order valence-corrected chi connectivity index (χ2v) is 5.22. The van der Waals surface area contributed by atoms with E-state index < -0.39 is 0 Å². The molecule has 2 rings (SSSR count). The van der Waals surface area contributed by atoms with Gasteiger partial charge in [-0.3, -0.25) is 0 Å². The van der Waals surface area contributed by atoms with Gasteiger partial charge in [-0.25, -0.2) is 4.79 Å². The lowest BCUT2D eigenvalue weighted by Gasteiger charge is -2.27. The van der Waals surface area contributed by atoms with E-state index >= 15 is 0 Å². The topological polar surface area (TPSA) is 58.4 Å². The number of fused-ring (bicyclic) bond motifs is 2. The van der Waals surface area contributed by atoms with Gasteiger partial charge in [-0.2, -0.15) is 0 Å². The first-order chi connectivity index (χ1) is 7.70. The Hall–Kier alpha value is -0.770. The standard InChI is InChI=1S/C12H23N3O/c1-2-3-4-14-12(16)15-8-9-5-10(13)7-11(15)6-9/h9-11H,2-8,13H2,1H3,(H,14,16). The van der Waals surface area contributed by atoms with Crippen LogP contribution in [0.3, 0.4) is 0 Å². The van der Waals surface area contributed by atoms with E-state index in [1.807, 2.05) is 4.90 Å². The average Bonchev–Trinajstić information content (AvgIpc) is 2.54. The van der Waals surface area contributed by atoms with Crippen LogP contribution in [-0.4, -0.2) is 36.1 Å². The Morgan fingerprint density at radius 1 is 1.44 bits per heavy atom. The lowest BCUT2D eigenvalue weighted by Crippen LogP contribution is -2.44. The van der Waals surface area contributed by atoms with E-state index in [0.717, 1.165) is 45.2 Å². The smallest absolute Gasteiger partial charge is 0.317 e. The minimum Gasteiger partial charge on any atom is -0.338 e. The number of nitrogens with zero attached hydrogens (tertiary/aromatic N) is 1. The van der Waals surface area contributed by atoms with E-state index in [4.69, 9.17) is 5.73 Å². The number of nitrogens with two attached hydrogens (primary N) is 1. The third kappa shape index (κ3) is 2.48. The van der Waals surface area contributed by atoms with E-state index in [-0.39, 0.29) is 6.03 Å². The van der Waals surface area contributed by atoms with Crippen LogP contribution < -0.4 is 11.1 Å². The van der Waals surface area contributed by atoms with Crippen molar-refractivity contribution in [2.75, 3.05) is 13.1 Å². The summed E-state index contributed by atoms with van der Waals surface area (Å²) in [5.74, 6) is 0.644. The summed E-state index contributed by atoms with van der Waals surface area (Å²) in [6.07, 6.45) is 5.42. The molecule has 0 aromatic heterocycles. The molecular weight excluding hydrogens is 202 g/mol. The molecule has 2 amide bonds. The molecule has 2 bridgehead atoms. The summed E-state index contributed by atoms with van der Waals surface area (Å²) in [4.78, 5) is 14.0. The van der Waals surface area contributed by atoms with Crippen LogP contribution in [0.2, 0.25) is 0 Å². The Kier molecular flexibility index (Phi) is 3.69. The Bertz CT molecular complexity index is 257. The van der Waals surface area contributed by atoms with Crippen LogP contribution in [0.1, 0.15) is 39.0 Å². The normalized spacial score (nSPS) is 32.9. The molecule has 2 fully saturated rings. The summed E-state index contributed by atoms with van der Waals surface area (Å²) in [5, 5.41) is 3.00. The molecular formula is C12H23N3O. The van der Waals surface area contributed by atoms with Crippen molar-refractivity contribution in [3.63, 3.8) is 0 Å². The van der Waals surface area contributed by atoms with E-state index in [9.17, 15) is 4.79 Å². The Balaban J connectivity index is 1.83. The molecule has 16 heavy (non-hydrogen) atoms. The first-order valence-electron chi connectivity index (χ1n) is 6.50. The molecule has 0 radical (unpaired) electrons. The van der Waals surface area contributed by atoms with Gasteiger partial charge in [-0.05, 0) is 31.6 Å². The molecule has 4 nitrogen and oxygen atoms in total. The van der Waals surface area contributed by atoms with Crippen molar-refractivity contribution in [1.29, 1.82) is 0 Å². The summed E-state index contributed by atoms with van der Waals surface area (Å²) in [7, 11) is 0. The van der Waals surface area contributed by atoms with Crippen LogP contribution in [0.5, 0.6) is 0 Å². The molecule has 3 unspecified atom stereocenters. The van der Waals surface area contributed by atoms with E-state index in [1.54, 1.807) is 0 Å². The van der Waals surface area contributed by atoms with Crippen molar-refractivity contribution < 1.29 is 4.79 Å². The van der Waals surface area contributed by atoms with Crippen LogP contribution in [0.25, 0.3) is 0 Å². The lowest BCUT2D eigenvalue weighted by molar-refractivity contribution is 0.189. The maximum absolute atomic E-state index is 11.9. The van der Waals surface area contributed by atoms with Crippen molar-refractivity contribution in [3.05, 3.63) is 0 Å². The summed E-state index contributed by atoms with van der Waals surface area (Å²) in [6, 6.07) is 0.822. The summed E-state index contributed by atoms with van der Waals surface area (Å²) in [5.41, 5.74) is 5.98. The zero-order valence-corrected chi connectivity index (χ0v) is 10.1. The Labute approximate surface area is 97.6 Å². The van der Waals surface area contributed by atoms with Gasteiger partial charge in [0.15, 0.2) is 0 Å². The van der Waals surface area contributed by atoms with Gasteiger partial charge in [-0.1, -0.05) is 13.3 Å². The minimum atomic E-state index is 0.120. The minimum absolute atomic E-state index is 0.120. The molecule has 0 aromatic carbocycles. The highest BCUT2D eigenvalue weighted by Crippen LogP contribution is 2.34. The number of amides is 2. The number of rotatable bonds is 3. The molecule has 92 valence electrons. The van der Waals surface area contributed by atoms with Crippen molar-refractivity contribution >= 4 is 6.03 Å². The highest BCUT2D eigenvalue weighted by molar-refractivity contribution is 5.75. The van der Waals surface area contributed by atoms with Gasteiger partial charge in [-0.15, -0.1) is 0 Å². The molecule has 1 aliphatic carbocycles. The molecule has 1 aliphatic heterocycles. The zero-order chi connectivity index (χ0) is 11.5. The van der Waals surface area contributed by atoms with Gasteiger partial charge < -0.3 is 16.0 Å². The number of nitrogens with one attached hydrogen (secondary N) is 1. The number of urea groups is 1. The fourth-order valence-corrected chi connectivity index (χ4v) is 3.00. The van der Waals surface area contributed by atoms with Crippen LogP contribution in [0.15, 0.2) is 0 Å². The fourth-order valence-electron chi connectivity index (χ4n) is 3.00. The van der Waals surface area contributed by atoms with Crippen molar-refractivity contribution in [3.8, 4) is 0 Å². The highest BCUT2D eigenvalue weighted by Gasteiger charge is 2.40. The van der Waals surface area contributed by atoms with Crippen LogP contribution >= 0.6 is 0 Å². The van der Waals surface area contributed by atoms with Crippen molar-refractivity contribution in [2.24, 2.45) is 11.7 Å². The maximum atomic E-state index is 11.9. The van der Waals surface area contributed by atoms with Crippen LogP contribution in [-0.2, 0) is 0 Å². The highest BCUT2D eigenvalue weighted by atomic mass is 16.2. The third-order valence-electron chi connectivity index (χ3n) is 3.78. The molecule has 0 aromatic rings. The van der Waals surface area contributed by atoms with E-state index in [0.29, 0.717) is 18.0 Å². The fraction of sp³-hybridized carbons (Fsp3) is 0.917. The molecule has 3 atom stereocenters. The lowest BCUT2D eigenvalue weighted by atomic mass is 9.87. The van der Waals surface area contributed by atoms with Crippen molar-refractivity contribution in [1.82, 2.24) is 10.2 Å². The number of likely N-dealkylation sites (tertiary alicyclic amines) is 1. The van der Waals surface area contributed by atoms with Gasteiger partial charge in [0.1, 0.15) is 0 Å². The summed E-state index contributed by atoms with van der Waals surface area (Å²) < 4.78 is 0. The van der Waals surface area contributed by atoms with Gasteiger partial charge in [0.25, 0.3) is 0 Å². The second kappa shape index (κ2) is 5.04. The number of hydrogen-bond acceptors (Lipinski definition) is 2. The second-order valence-electron chi connectivity index (χ2n) is 5.22. The first-order valence-corrected chi connectivity index (χ1v) is 6.50. The molecule has 1 saturated carbocycles. The molecule has 1 heterocycles. The number of hydrogen-bond donors (Lipinski definition) is 2. The summed E-state index contributed by atoms with van der Waals surface area (Å²) in [6.45, 7) is 3.85. The quantitative estimate of drug-likeness (QED) is 0.711. The molecule has 1 saturated heterocycles. The predicted molar refractivity (Wildman–Crippen MR) is 64.1 cm³/mol. The van der Waals surface area contributed by atoms with Gasteiger partial charge in [0.05, 0.1) is 0 Å². The first kappa shape index (κ1) is 11.7. The molecule has 3 N–H and O–H groups in total. The SMILES string of the molecule is CCCCNC(=O)N1CC2CC(N)CC1C2. The Morgan fingerprint density at radius 3 is 3.00 bits per heavy atom. The van der Waals surface area contributed by atoms with Crippen LogP contribution in [0.4, 0.5) is 4.79 Å². The predicted octanol–water partition coefficient (Wildman–Crippen LogP) is 1.31. The number of carbonyl (C=O) groups excluding carboxylic acids is 1. The van der Waals surface area contributed by atoms with Gasteiger partial charge >= 0.3 is 6.03 Å².